The molecule has 0 fully saturated rings. The van der Waals surface area contributed by atoms with Crippen molar-refractivity contribution in [3.8, 4) is 39.9 Å². The van der Waals surface area contributed by atoms with Crippen LogP contribution in [0.25, 0.3) is 116 Å². The first-order valence-electron chi connectivity index (χ1n) is 18.4. The fourth-order valence-corrected chi connectivity index (χ4v) is 8.39. The summed E-state index contributed by atoms with van der Waals surface area (Å²) < 4.78 is 15.3. The SMILES string of the molecule is c1ccc(-c2nc(-c3ccccc3)nc(-c3cc4c5ccccc5oc4c4ccc(-n5c6ccccc6c6c7c(ccc65)oc5ccccc57)cc34)n2)cc1. The van der Waals surface area contributed by atoms with Gasteiger partial charge in [-0.3, -0.25) is 0 Å². The van der Waals surface area contributed by atoms with E-state index in [9.17, 15) is 0 Å². The van der Waals surface area contributed by atoms with Crippen molar-refractivity contribution in [2.24, 2.45) is 0 Å². The van der Waals surface area contributed by atoms with Gasteiger partial charge in [-0.15, -0.1) is 0 Å². The van der Waals surface area contributed by atoms with Crippen molar-refractivity contribution in [3.05, 3.63) is 170 Å². The number of aromatic nitrogens is 4. The van der Waals surface area contributed by atoms with Crippen molar-refractivity contribution in [2.45, 2.75) is 0 Å². The van der Waals surface area contributed by atoms with E-state index in [-0.39, 0.29) is 0 Å². The highest BCUT2D eigenvalue weighted by atomic mass is 16.3. The van der Waals surface area contributed by atoms with Gasteiger partial charge in [0.1, 0.15) is 22.3 Å². The largest absolute Gasteiger partial charge is 0.456 e. The number of furan rings is 2. The molecule has 6 heteroatoms. The quantitative estimate of drug-likeness (QED) is 0.182. The molecule has 0 N–H and O–H groups in total. The Balaban J connectivity index is 1.19. The number of hydrogen-bond donors (Lipinski definition) is 0. The van der Waals surface area contributed by atoms with E-state index in [0.717, 1.165) is 88.1 Å². The van der Waals surface area contributed by atoms with Crippen LogP contribution in [0.4, 0.5) is 0 Å². The van der Waals surface area contributed by atoms with Gasteiger partial charge in [-0.2, -0.15) is 0 Å². The third-order valence-corrected chi connectivity index (χ3v) is 10.8. The highest BCUT2D eigenvalue weighted by molar-refractivity contribution is 6.27. The predicted octanol–water partition coefficient (Wildman–Crippen LogP) is 12.9. The molecule has 12 aromatic rings. The predicted molar refractivity (Wildman–Crippen MR) is 223 cm³/mol. The van der Waals surface area contributed by atoms with Gasteiger partial charge in [-0.05, 0) is 60.0 Å². The van der Waals surface area contributed by atoms with Gasteiger partial charge < -0.3 is 13.4 Å². The first-order chi connectivity index (χ1) is 27.3. The van der Waals surface area contributed by atoms with Gasteiger partial charge in [-0.1, -0.05) is 115 Å². The second-order valence-electron chi connectivity index (χ2n) is 14.0. The standard InChI is InChI=1S/C49H28N4O2/c1-3-13-29(14-4-1)47-50-48(30-15-5-2-6-16-30)52-49(51-47)38-28-37-32-17-8-11-21-41(32)55-46(37)33-24-23-31(27-36(33)38)53-39-20-10-7-18-34(39)44-40(53)25-26-43-45(44)35-19-9-12-22-42(35)54-43/h1-28H. The molecular weight excluding hydrogens is 677 g/mol. The summed E-state index contributed by atoms with van der Waals surface area (Å²) in [5.74, 6) is 1.82. The Bertz CT molecular complexity index is 3430. The van der Waals surface area contributed by atoms with E-state index in [4.69, 9.17) is 23.8 Å². The van der Waals surface area contributed by atoms with Crippen LogP contribution in [0.15, 0.2) is 179 Å². The molecule has 0 aliphatic carbocycles. The Kier molecular flexibility index (Phi) is 6.24. The molecule has 8 aromatic carbocycles. The Morgan fingerprint density at radius 2 is 0.982 bits per heavy atom. The number of fused-ring (bicyclic) bond motifs is 12. The maximum atomic E-state index is 6.62. The van der Waals surface area contributed by atoms with Crippen LogP contribution < -0.4 is 0 Å². The van der Waals surface area contributed by atoms with E-state index >= 15 is 0 Å². The third kappa shape index (κ3) is 4.46. The smallest absolute Gasteiger partial charge is 0.164 e. The molecule has 0 saturated heterocycles. The number of para-hydroxylation sites is 3. The molecule has 0 bridgehead atoms. The van der Waals surface area contributed by atoms with E-state index in [1.807, 2.05) is 84.9 Å². The van der Waals surface area contributed by atoms with Crippen LogP contribution in [0, 0.1) is 0 Å². The minimum atomic E-state index is 0.593. The molecule has 0 aliphatic rings. The molecule has 0 radical (unpaired) electrons. The van der Waals surface area contributed by atoms with Crippen molar-refractivity contribution in [3.63, 3.8) is 0 Å². The number of nitrogens with zero attached hydrogens (tertiary/aromatic N) is 4. The van der Waals surface area contributed by atoms with Crippen molar-refractivity contribution in [1.82, 2.24) is 19.5 Å². The molecule has 55 heavy (non-hydrogen) atoms. The lowest BCUT2D eigenvalue weighted by Gasteiger charge is -2.13. The second kappa shape index (κ2) is 11.5. The Labute approximate surface area is 313 Å². The summed E-state index contributed by atoms with van der Waals surface area (Å²) in [6.45, 7) is 0. The lowest BCUT2D eigenvalue weighted by Crippen LogP contribution is -2.01. The zero-order valence-corrected chi connectivity index (χ0v) is 29.3. The molecule has 0 atom stereocenters. The summed E-state index contributed by atoms with van der Waals surface area (Å²) in [5.41, 5.74) is 9.41. The van der Waals surface area contributed by atoms with Crippen molar-refractivity contribution < 1.29 is 8.83 Å². The third-order valence-electron chi connectivity index (χ3n) is 10.8. The second-order valence-corrected chi connectivity index (χ2v) is 14.0. The van der Waals surface area contributed by atoms with Gasteiger partial charge >= 0.3 is 0 Å². The van der Waals surface area contributed by atoms with Gasteiger partial charge in [0.25, 0.3) is 0 Å². The average molecular weight is 705 g/mol. The van der Waals surface area contributed by atoms with Gasteiger partial charge in [0.2, 0.25) is 0 Å². The maximum absolute atomic E-state index is 6.62. The van der Waals surface area contributed by atoms with Crippen LogP contribution in [0.5, 0.6) is 0 Å². The topological polar surface area (TPSA) is 69.9 Å². The first-order valence-corrected chi connectivity index (χ1v) is 18.4. The van der Waals surface area contributed by atoms with E-state index in [2.05, 4.69) is 89.5 Å². The lowest BCUT2D eigenvalue weighted by molar-refractivity contribution is 0.669. The molecule has 256 valence electrons. The highest BCUT2D eigenvalue weighted by Crippen LogP contribution is 2.44. The van der Waals surface area contributed by atoms with Gasteiger partial charge in [0.05, 0.1) is 11.0 Å². The number of rotatable bonds is 4. The average Bonchev–Trinajstić information content (AvgIpc) is 3.93. The van der Waals surface area contributed by atoms with Crippen molar-refractivity contribution in [1.29, 1.82) is 0 Å². The summed E-state index contributed by atoms with van der Waals surface area (Å²) in [4.78, 5) is 15.4. The molecule has 4 heterocycles. The summed E-state index contributed by atoms with van der Waals surface area (Å²) in [6.07, 6.45) is 0. The van der Waals surface area contributed by atoms with Crippen molar-refractivity contribution in [2.75, 3.05) is 0 Å². The summed E-state index contributed by atoms with van der Waals surface area (Å²) in [6, 6.07) is 58.4. The molecule has 0 amide bonds. The Morgan fingerprint density at radius 1 is 0.364 bits per heavy atom. The summed E-state index contributed by atoms with van der Waals surface area (Å²) in [5, 5.41) is 8.60. The number of benzene rings is 8. The molecule has 0 unspecified atom stereocenters. The van der Waals surface area contributed by atoms with Crippen LogP contribution >= 0.6 is 0 Å². The molecule has 0 spiro atoms. The molecule has 12 rings (SSSR count). The highest BCUT2D eigenvalue weighted by Gasteiger charge is 2.22. The van der Waals surface area contributed by atoms with Crippen LogP contribution in [-0.2, 0) is 0 Å². The molecule has 0 saturated carbocycles. The molecule has 4 aromatic heterocycles. The molecule has 0 aliphatic heterocycles. The van der Waals surface area contributed by atoms with Crippen LogP contribution in [0.1, 0.15) is 0 Å². The Morgan fingerprint density at radius 3 is 1.73 bits per heavy atom. The van der Waals surface area contributed by atoms with Crippen LogP contribution in [0.2, 0.25) is 0 Å². The minimum Gasteiger partial charge on any atom is -0.456 e. The van der Waals surface area contributed by atoms with Gasteiger partial charge in [-0.25, -0.2) is 15.0 Å². The summed E-state index contributed by atoms with van der Waals surface area (Å²) in [7, 11) is 0. The van der Waals surface area contributed by atoms with E-state index in [1.165, 1.54) is 10.8 Å². The summed E-state index contributed by atoms with van der Waals surface area (Å²) >= 11 is 0. The van der Waals surface area contributed by atoms with Crippen LogP contribution in [0.3, 0.4) is 0 Å². The van der Waals surface area contributed by atoms with Gasteiger partial charge in [0.15, 0.2) is 17.5 Å². The molecule has 6 nitrogen and oxygen atoms in total. The fraction of sp³-hybridized carbons (Fsp3) is 0. The first kappa shape index (κ1) is 29.9. The lowest BCUT2D eigenvalue weighted by atomic mass is 9.98. The van der Waals surface area contributed by atoms with E-state index in [0.29, 0.717) is 17.5 Å². The van der Waals surface area contributed by atoms with Crippen molar-refractivity contribution >= 4 is 76.5 Å². The maximum Gasteiger partial charge on any atom is 0.164 e. The monoisotopic (exact) mass is 704 g/mol. The normalized spacial score (nSPS) is 12.0. The van der Waals surface area contributed by atoms with Gasteiger partial charge in [0, 0.05) is 60.1 Å². The Hall–Kier alpha value is -7.57. The zero-order valence-electron chi connectivity index (χ0n) is 29.3. The van der Waals surface area contributed by atoms with E-state index < -0.39 is 0 Å². The van der Waals surface area contributed by atoms with E-state index in [1.54, 1.807) is 0 Å². The molecular formula is C49H28N4O2. The fourth-order valence-electron chi connectivity index (χ4n) is 8.39. The van der Waals surface area contributed by atoms with Crippen LogP contribution in [-0.4, -0.2) is 19.5 Å². The zero-order chi connectivity index (χ0) is 36.0. The number of hydrogen-bond acceptors (Lipinski definition) is 5. The minimum absolute atomic E-state index is 0.593.